The van der Waals surface area contributed by atoms with Gasteiger partial charge in [-0.3, -0.25) is 0 Å². The molecule has 0 saturated heterocycles. The average Bonchev–Trinajstić information content (AvgIpc) is 2.50. The summed E-state index contributed by atoms with van der Waals surface area (Å²) in [6.45, 7) is 7.34. The van der Waals surface area contributed by atoms with Crippen molar-refractivity contribution in [3.05, 3.63) is 65.2 Å². The Labute approximate surface area is 139 Å². The first-order valence-electron chi connectivity index (χ1n) is 7.76. The minimum atomic E-state index is 0.467. The Morgan fingerprint density at radius 3 is 2.45 bits per heavy atom. The number of nitrogens with one attached hydrogen (secondary N) is 2. The van der Waals surface area contributed by atoms with Crippen molar-refractivity contribution < 1.29 is 0 Å². The summed E-state index contributed by atoms with van der Waals surface area (Å²) in [4.78, 5) is 0. The van der Waals surface area contributed by atoms with Gasteiger partial charge in [0.05, 0.1) is 0 Å². The standard InChI is InChI=1S/C19H24N2S/c1-14(2)17-11-7-8-15(3)18(17)21-19(22)20-13-12-16-9-5-4-6-10-16/h4-11,14H,12-13H2,1-3H3,(H2,20,21,22). The summed E-state index contributed by atoms with van der Waals surface area (Å²) < 4.78 is 0. The Morgan fingerprint density at radius 1 is 1.05 bits per heavy atom. The van der Waals surface area contributed by atoms with Crippen molar-refractivity contribution in [1.29, 1.82) is 0 Å². The summed E-state index contributed by atoms with van der Waals surface area (Å²) in [5.74, 6) is 0.467. The molecule has 0 amide bonds. The van der Waals surface area contributed by atoms with E-state index in [1.165, 1.54) is 16.7 Å². The van der Waals surface area contributed by atoms with Gasteiger partial charge in [-0.15, -0.1) is 0 Å². The molecule has 0 aliphatic carbocycles. The largest absolute Gasteiger partial charge is 0.362 e. The van der Waals surface area contributed by atoms with Crippen LogP contribution in [0.5, 0.6) is 0 Å². The lowest BCUT2D eigenvalue weighted by molar-refractivity contribution is 0.861. The molecule has 2 rings (SSSR count). The number of para-hydroxylation sites is 1. The molecule has 0 aliphatic heterocycles. The van der Waals surface area contributed by atoms with Gasteiger partial charge in [-0.2, -0.15) is 0 Å². The van der Waals surface area contributed by atoms with E-state index < -0.39 is 0 Å². The van der Waals surface area contributed by atoms with Crippen LogP contribution in [0.25, 0.3) is 0 Å². The fourth-order valence-electron chi connectivity index (χ4n) is 2.47. The summed E-state index contributed by atoms with van der Waals surface area (Å²) in [6, 6.07) is 16.8. The van der Waals surface area contributed by atoms with Crippen molar-refractivity contribution in [2.24, 2.45) is 0 Å². The Bertz CT molecular complexity index is 621. The average molecular weight is 312 g/mol. The van der Waals surface area contributed by atoms with Crippen LogP contribution >= 0.6 is 12.2 Å². The molecular weight excluding hydrogens is 288 g/mol. The van der Waals surface area contributed by atoms with Crippen molar-refractivity contribution in [3.63, 3.8) is 0 Å². The van der Waals surface area contributed by atoms with Crippen molar-refractivity contribution in [1.82, 2.24) is 5.32 Å². The van der Waals surface area contributed by atoms with Gasteiger partial charge in [0.1, 0.15) is 0 Å². The molecule has 0 aromatic heterocycles. The molecule has 2 aromatic rings. The third-order valence-corrected chi connectivity index (χ3v) is 3.95. The van der Waals surface area contributed by atoms with Gasteiger partial charge in [0.15, 0.2) is 5.11 Å². The third-order valence-electron chi connectivity index (χ3n) is 3.71. The van der Waals surface area contributed by atoms with E-state index in [-0.39, 0.29) is 0 Å². The predicted molar refractivity (Wildman–Crippen MR) is 99.6 cm³/mol. The third kappa shape index (κ3) is 4.57. The lowest BCUT2D eigenvalue weighted by atomic mass is 9.98. The first-order valence-corrected chi connectivity index (χ1v) is 8.17. The number of aryl methyl sites for hydroxylation is 1. The van der Waals surface area contributed by atoms with Crippen LogP contribution in [0.2, 0.25) is 0 Å². The van der Waals surface area contributed by atoms with Gasteiger partial charge >= 0.3 is 0 Å². The van der Waals surface area contributed by atoms with Gasteiger partial charge in [0.2, 0.25) is 0 Å². The highest BCUT2D eigenvalue weighted by Gasteiger charge is 2.10. The van der Waals surface area contributed by atoms with E-state index in [9.17, 15) is 0 Å². The molecule has 22 heavy (non-hydrogen) atoms. The van der Waals surface area contributed by atoms with Gasteiger partial charge in [-0.1, -0.05) is 62.4 Å². The van der Waals surface area contributed by atoms with Gasteiger partial charge in [-0.25, -0.2) is 0 Å². The summed E-state index contributed by atoms with van der Waals surface area (Å²) in [7, 11) is 0. The van der Waals surface area contributed by atoms with E-state index in [1.54, 1.807) is 0 Å². The summed E-state index contributed by atoms with van der Waals surface area (Å²) in [5.41, 5.74) is 4.97. The van der Waals surface area contributed by atoms with E-state index in [0.29, 0.717) is 11.0 Å². The minimum absolute atomic E-state index is 0.467. The smallest absolute Gasteiger partial charge is 0.170 e. The van der Waals surface area contributed by atoms with Gasteiger partial charge in [0, 0.05) is 12.2 Å². The van der Waals surface area contributed by atoms with Crippen LogP contribution in [0.15, 0.2) is 48.5 Å². The fraction of sp³-hybridized carbons (Fsp3) is 0.316. The van der Waals surface area contributed by atoms with Crippen molar-refractivity contribution >= 4 is 23.0 Å². The Kier molecular flexibility index (Phi) is 5.96. The van der Waals surface area contributed by atoms with E-state index in [1.807, 2.05) is 6.07 Å². The normalized spacial score (nSPS) is 10.5. The zero-order chi connectivity index (χ0) is 15.9. The Hall–Kier alpha value is -1.87. The molecule has 0 unspecified atom stereocenters. The molecule has 0 heterocycles. The van der Waals surface area contributed by atoms with Crippen molar-refractivity contribution in [3.8, 4) is 0 Å². The lowest BCUT2D eigenvalue weighted by Crippen LogP contribution is -2.30. The molecule has 0 saturated carbocycles. The molecular formula is C19H24N2S. The summed E-state index contributed by atoms with van der Waals surface area (Å²) in [6.07, 6.45) is 0.966. The molecule has 0 bridgehead atoms. The molecule has 2 aromatic carbocycles. The molecule has 0 spiro atoms. The first kappa shape index (κ1) is 16.5. The van der Waals surface area contributed by atoms with Crippen LogP contribution in [-0.4, -0.2) is 11.7 Å². The molecule has 0 aliphatic rings. The minimum Gasteiger partial charge on any atom is -0.362 e. The van der Waals surface area contributed by atoms with Crippen LogP contribution in [0.3, 0.4) is 0 Å². The van der Waals surface area contributed by atoms with Gasteiger partial charge in [0.25, 0.3) is 0 Å². The number of thiocarbonyl (C=S) groups is 1. The van der Waals surface area contributed by atoms with Crippen LogP contribution in [0.1, 0.15) is 36.5 Å². The molecule has 2 N–H and O–H groups in total. The molecule has 0 atom stereocenters. The predicted octanol–water partition coefficient (Wildman–Crippen LogP) is 4.65. The van der Waals surface area contributed by atoms with Gasteiger partial charge < -0.3 is 10.6 Å². The number of hydrogen-bond acceptors (Lipinski definition) is 1. The zero-order valence-electron chi connectivity index (χ0n) is 13.5. The molecule has 2 nitrogen and oxygen atoms in total. The van der Waals surface area contributed by atoms with Crippen LogP contribution < -0.4 is 10.6 Å². The highest BCUT2D eigenvalue weighted by molar-refractivity contribution is 7.80. The Balaban J connectivity index is 1.92. The maximum atomic E-state index is 5.43. The van der Waals surface area contributed by atoms with Crippen molar-refractivity contribution in [2.45, 2.75) is 33.1 Å². The molecule has 0 fully saturated rings. The second-order valence-electron chi connectivity index (χ2n) is 5.81. The van der Waals surface area contributed by atoms with E-state index in [2.05, 4.69) is 73.9 Å². The summed E-state index contributed by atoms with van der Waals surface area (Å²) >= 11 is 5.43. The second-order valence-corrected chi connectivity index (χ2v) is 6.22. The fourth-order valence-corrected chi connectivity index (χ4v) is 2.67. The highest BCUT2D eigenvalue weighted by Crippen LogP contribution is 2.27. The van der Waals surface area contributed by atoms with Crippen LogP contribution in [0, 0.1) is 6.92 Å². The van der Waals surface area contributed by atoms with Crippen LogP contribution in [-0.2, 0) is 6.42 Å². The van der Waals surface area contributed by atoms with Gasteiger partial charge in [-0.05, 0) is 48.2 Å². The molecule has 3 heteroatoms. The molecule has 0 radical (unpaired) electrons. The number of hydrogen-bond donors (Lipinski definition) is 2. The van der Waals surface area contributed by atoms with E-state index >= 15 is 0 Å². The maximum absolute atomic E-state index is 5.43. The second kappa shape index (κ2) is 7.95. The first-order chi connectivity index (χ1) is 10.6. The monoisotopic (exact) mass is 312 g/mol. The topological polar surface area (TPSA) is 24.1 Å². The highest BCUT2D eigenvalue weighted by atomic mass is 32.1. The number of anilines is 1. The quantitative estimate of drug-likeness (QED) is 0.786. The van der Waals surface area contributed by atoms with Crippen molar-refractivity contribution in [2.75, 3.05) is 11.9 Å². The maximum Gasteiger partial charge on any atom is 0.170 e. The van der Waals surface area contributed by atoms with E-state index in [4.69, 9.17) is 12.2 Å². The number of rotatable bonds is 5. The lowest BCUT2D eigenvalue weighted by Gasteiger charge is -2.18. The van der Waals surface area contributed by atoms with Crippen LogP contribution in [0.4, 0.5) is 5.69 Å². The zero-order valence-corrected chi connectivity index (χ0v) is 14.3. The molecule has 116 valence electrons. The number of benzene rings is 2. The Morgan fingerprint density at radius 2 is 1.77 bits per heavy atom. The SMILES string of the molecule is Cc1cccc(C(C)C)c1NC(=S)NCCc1ccccc1. The van der Waals surface area contributed by atoms with E-state index in [0.717, 1.165) is 18.7 Å². The summed E-state index contributed by atoms with van der Waals surface area (Å²) in [5, 5.41) is 7.35.